The van der Waals surface area contributed by atoms with E-state index in [1.807, 2.05) is 0 Å². The molecule has 0 atom stereocenters. The topological polar surface area (TPSA) is 66.2 Å². The van der Waals surface area contributed by atoms with Crippen LogP contribution < -0.4 is 0 Å². The average molecular weight is 309 g/mol. The van der Waals surface area contributed by atoms with Crippen LogP contribution in [-0.4, -0.2) is 37.5 Å². The minimum Gasteiger partial charge on any atom is -0.484 e. The Morgan fingerprint density at radius 1 is 0.875 bits per heavy atom. The molecule has 0 saturated heterocycles. The van der Waals surface area contributed by atoms with Gasteiger partial charge in [0.2, 0.25) is 0 Å². The second-order valence-electron chi connectivity index (χ2n) is 2.40. The molecule has 0 aromatic carbocycles. The third-order valence-electron chi connectivity index (χ3n) is 1.40. The van der Waals surface area contributed by atoms with Gasteiger partial charge in [-0.25, -0.2) is 0 Å². The molecule has 0 aromatic rings. The third kappa shape index (κ3) is 14.2. The Kier molecular flexibility index (Phi) is 20.5. The van der Waals surface area contributed by atoms with Crippen LogP contribution in [0.5, 0.6) is 0 Å². The molecule has 8 heteroatoms. The predicted octanol–water partition coefficient (Wildman–Crippen LogP) is 3.24. The fraction of sp³-hybridized carbons (Fsp3) is 0.750. The number of hydrogen-bond donors (Lipinski definition) is 2. The smallest absolute Gasteiger partial charge is 0.180 e. The highest BCUT2D eigenvalue weighted by Crippen LogP contribution is 2.22. The summed E-state index contributed by atoms with van der Waals surface area (Å²) in [6, 6.07) is 0. The summed E-state index contributed by atoms with van der Waals surface area (Å²) in [6.07, 6.45) is 1.33. The summed E-state index contributed by atoms with van der Waals surface area (Å²) < 4.78 is 9.44. The highest BCUT2D eigenvalue weighted by molar-refractivity contribution is 8.76. The van der Waals surface area contributed by atoms with Crippen LogP contribution >= 0.6 is 46.4 Å². The van der Waals surface area contributed by atoms with Gasteiger partial charge < -0.3 is 9.47 Å². The van der Waals surface area contributed by atoms with Crippen LogP contribution in [0.1, 0.15) is 12.8 Å². The number of ether oxygens (including phenoxy) is 2. The van der Waals surface area contributed by atoms with Crippen molar-refractivity contribution < 1.29 is 9.47 Å². The third-order valence-corrected chi connectivity index (χ3v) is 3.81. The van der Waals surface area contributed by atoms with Gasteiger partial charge in [0, 0.05) is 24.3 Å². The van der Waals surface area contributed by atoms with Crippen molar-refractivity contribution in [2.75, 3.05) is 25.7 Å². The van der Waals surface area contributed by atoms with Gasteiger partial charge in [-0.05, 0) is 0 Å². The van der Waals surface area contributed by atoms with E-state index in [1.54, 1.807) is 21.6 Å². The molecule has 0 saturated carbocycles. The first-order valence-electron chi connectivity index (χ1n) is 4.18. The quantitative estimate of drug-likeness (QED) is 0.328. The van der Waals surface area contributed by atoms with Crippen LogP contribution in [0.15, 0.2) is 0 Å². The molecule has 16 heavy (non-hydrogen) atoms. The Hall–Kier alpha value is 0.220. The summed E-state index contributed by atoms with van der Waals surface area (Å²) >= 11 is 0. The zero-order chi connectivity index (χ0) is 10.8. The van der Waals surface area contributed by atoms with E-state index in [4.69, 9.17) is 20.3 Å². The van der Waals surface area contributed by atoms with Gasteiger partial charge in [0.25, 0.3) is 0 Å². The zero-order valence-corrected chi connectivity index (χ0v) is 12.5. The lowest BCUT2D eigenvalue weighted by Gasteiger charge is -2.02. The molecule has 0 aliphatic heterocycles. The molecule has 0 aromatic heterocycles. The summed E-state index contributed by atoms with van der Waals surface area (Å²) in [6.45, 7) is 0. The SMILES string of the molecule is COC(=N)CCSSCCC(=N)OC.Cl.Cl. The van der Waals surface area contributed by atoms with E-state index in [2.05, 4.69) is 0 Å². The van der Waals surface area contributed by atoms with Crippen LogP contribution in [-0.2, 0) is 9.47 Å². The maximum atomic E-state index is 7.22. The number of rotatable bonds is 7. The van der Waals surface area contributed by atoms with Crippen LogP contribution in [0.25, 0.3) is 0 Å². The van der Waals surface area contributed by atoms with Gasteiger partial charge in [0.1, 0.15) is 0 Å². The maximum Gasteiger partial charge on any atom is 0.180 e. The first kappa shape index (κ1) is 21.5. The van der Waals surface area contributed by atoms with Crippen molar-refractivity contribution >= 4 is 58.2 Å². The predicted molar refractivity (Wildman–Crippen MR) is 78.1 cm³/mol. The Labute approximate surface area is 117 Å². The van der Waals surface area contributed by atoms with Crippen molar-refractivity contribution in [3.8, 4) is 0 Å². The fourth-order valence-electron chi connectivity index (χ4n) is 0.591. The van der Waals surface area contributed by atoms with Gasteiger partial charge in [-0.2, -0.15) is 0 Å². The molecule has 0 unspecified atom stereocenters. The highest BCUT2D eigenvalue weighted by atomic mass is 35.5. The monoisotopic (exact) mass is 308 g/mol. The molecule has 0 spiro atoms. The van der Waals surface area contributed by atoms with Gasteiger partial charge >= 0.3 is 0 Å². The lowest BCUT2D eigenvalue weighted by molar-refractivity contribution is 0.388. The van der Waals surface area contributed by atoms with Gasteiger partial charge in [-0.1, -0.05) is 21.6 Å². The van der Waals surface area contributed by atoms with Gasteiger partial charge in [0.15, 0.2) is 11.8 Å². The van der Waals surface area contributed by atoms with E-state index in [1.165, 1.54) is 14.2 Å². The Morgan fingerprint density at radius 3 is 1.44 bits per heavy atom. The van der Waals surface area contributed by atoms with Gasteiger partial charge in [-0.3, -0.25) is 10.8 Å². The fourth-order valence-corrected chi connectivity index (χ4v) is 2.57. The van der Waals surface area contributed by atoms with Crippen molar-refractivity contribution in [1.29, 1.82) is 10.8 Å². The molecule has 2 N–H and O–H groups in total. The Balaban J connectivity index is -0.000000845. The molecular formula is C8H18Cl2N2O2S2. The van der Waals surface area contributed by atoms with Crippen molar-refractivity contribution in [2.24, 2.45) is 0 Å². The molecule has 0 aliphatic carbocycles. The lowest BCUT2D eigenvalue weighted by atomic mass is 10.5. The number of halogens is 2. The second kappa shape index (κ2) is 15.2. The second-order valence-corrected chi connectivity index (χ2v) is 5.10. The van der Waals surface area contributed by atoms with Crippen molar-refractivity contribution in [2.45, 2.75) is 12.8 Å². The number of methoxy groups -OCH3 is 2. The first-order valence-corrected chi connectivity index (χ1v) is 6.66. The molecule has 0 aliphatic rings. The maximum absolute atomic E-state index is 7.22. The molecule has 0 radical (unpaired) electrons. The van der Waals surface area contributed by atoms with Crippen LogP contribution in [0.3, 0.4) is 0 Å². The first-order chi connectivity index (χ1) is 6.70. The number of nitrogens with one attached hydrogen (secondary N) is 2. The standard InChI is InChI=1S/C8H16N2O2S2.2ClH/c1-11-7(9)3-5-13-14-6-4-8(10)12-2;;/h9-10H,3-6H2,1-2H3;2*1H. The normalized spacial score (nSPS) is 8.38. The Bertz CT molecular complexity index is 177. The van der Waals surface area contributed by atoms with E-state index in [-0.39, 0.29) is 24.8 Å². The van der Waals surface area contributed by atoms with Crippen molar-refractivity contribution in [1.82, 2.24) is 0 Å². The largest absolute Gasteiger partial charge is 0.484 e. The molecule has 0 rings (SSSR count). The molecule has 98 valence electrons. The minimum atomic E-state index is 0. The summed E-state index contributed by atoms with van der Waals surface area (Å²) in [5, 5.41) is 14.4. The van der Waals surface area contributed by atoms with Gasteiger partial charge in [-0.15, -0.1) is 24.8 Å². The van der Waals surface area contributed by atoms with E-state index in [0.717, 1.165) is 11.5 Å². The van der Waals surface area contributed by atoms with Crippen LogP contribution in [0.4, 0.5) is 0 Å². The molecule has 4 nitrogen and oxygen atoms in total. The minimum absolute atomic E-state index is 0. The molecular weight excluding hydrogens is 291 g/mol. The zero-order valence-electron chi connectivity index (χ0n) is 9.28. The average Bonchev–Trinajstić information content (AvgIpc) is 2.22. The van der Waals surface area contributed by atoms with E-state index in [9.17, 15) is 0 Å². The van der Waals surface area contributed by atoms with Crippen LogP contribution in [0.2, 0.25) is 0 Å². The number of hydrogen-bond acceptors (Lipinski definition) is 6. The van der Waals surface area contributed by atoms with Crippen molar-refractivity contribution in [3.05, 3.63) is 0 Å². The highest BCUT2D eigenvalue weighted by Gasteiger charge is 1.98. The summed E-state index contributed by atoms with van der Waals surface area (Å²) in [7, 11) is 6.41. The molecule has 0 fully saturated rings. The summed E-state index contributed by atoms with van der Waals surface area (Å²) in [5.41, 5.74) is 0. The summed E-state index contributed by atoms with van der Waals surface area (Å²) in [5.74, 6) is 2.39. The summed E-state index contributed by atoms with van der Waals surface area (Å²) in [4.78, 5) is 0. The van der Waals surface area contributed by atoms with E-state index < -0.39 is 0 Å². The lowest BCUT2D eigenvalue weighted by Crippen LogP contribution is -2.00. The van der Waals surface area contributed by atoms with E-state index >= 15 is 0 Å². The van der Waals surface area contributed by atoms with E-state index in [0.29, 0.717) is 24.6 Å². The molecule has 0 heterocycles. The molecule has 0 bridgehead atoms. The Morgan fingerprint density at radius 2 is 1.19 bits per heavy atom. The van der Waals surface area contributed by atoms with Crippen molar-refractivity contribution in [3.63, 3.8) is 0 Å². The van der Waals surface area contributed by atoms with Crippen LogP contribution in [0, 0.1) is 10.8 Å². The molecule has 0 amide bonds. The van der Waals surface area contributed by atoms with Gasteiger partial charge in [0.05, 0.1) is 14.2 Å².